The van der Waals surface area contributed by atoms with E-state index < -0.39 is 0 Å². The predicted molar refractivity (Wildman–Crippen MR) is 87.7 cm³/mol. The van der Waals surface area contributed by atoms with Crippen LogP contribution in [0.5, 0.6) is 0 Å². The third-order valence-corrected chi connectivity index (χ3v) is 4.64. The number of carbonyl (C=O) groups excluding carboxylic acids is 1. The lowest BCUT2D eigenvalue weighted by Gasteiger charge is -2.23. The molecule has 1 amide bonds. The largest absolute Gasteiger partial charge is 0.384 e. The van der Waals surface area contributed by atoms with Gasteiger partial charge in [0.2, 0.25) is 0 Å². The first-order valence-corrected chi connectivity index (χ1v) is 7.89. The molecule has 0 fully saturated rings. The van der Waals surface area contributed by atoms with Gasteiger partial charge in [0.1, 0.15) is 5.82 Å². The Labute approximate surface area is 129 Å². The molecule has 2 aromatic heterocycles. The van der Waals surface area contributed by atoms with Crippen molar-refractivity contribution in [2.45, 2.75) is 32.6 Å². The third-order valence-electron chi connectivity index (χ3n) is 3.40. The van der Waals surface area contributed by atoms with Crippen LogP contribution in [0.3, 0.4) is 0 Å². The number of nitrogens with two attached hydrogens (primary N) is 1. The molecule has 2 aromatic rings. The second-order valence-corrected chi connectivity index (χ2v) is 6.62. The van der Waals surface area contributed by atoms with Crippen molar-refractivity contribution in [3.8, 4) is 0 Å². The van der Waals surface area contributed by atoms with Gasteiger partial charge in [0.05, 0.1) is 0 Å². The molecule has 4 nitrogen and oxygen atoms in total. The van der Waals surface area contributed by atoms with Crippen LogP contribution < -0.4 is 11.1 Å². The van der Waals surface area contributed by atoms with Crippen LogP contribution in [0.1, 0.15) is 41.7 Å². The smallest absolute Gasteiger partial charge is 0.251 e. The molecule has 0 atom stereocenters. The maximum Gasteiger partial charge on any atom is 0.251 e. The molecular weight excluding hydrogens is 282 g/mol. The van der Waals surface area contributed by atoms with E-state index in [1.165, 1.54) is 4.88 Å². The maximum atomic E-state index is 12.3. The summed E-state index contributed by atoms with van der Waals surface area (Å²) in [6, 6.07) is 7.54. The van der Waals surface area contributed by atoms with E-state index in [4.69, 9.17) is 5.73 Å². The molecule has 0 spiro atoms. The molecule has 5 heteroatoms. The summed E-state index contributed by atoms with van der Waals surface area (Å²) < 4.78 is 0. The molecule has 3 N–H and O–H groups in total. The summed E-state index contributed by atoms with van der Waals surface area (Å²) in [5.41, 5.74) is 7.06. The number of pyridine rings is 1. The van der Waals surface area contributed by atoms with Crippen molar-refractivity contribution in [1.29, 1.82) is 0 Å². The minimum atomic E-state index is -0.108. The highest BCUT2D eigenvalue weighted by Gasteiger charge is 2.22. The first-order chi connectivity index (χ1) is 9.92. The van der Waals surface area contributed by atoms with Gasteiger partial charge in [-0.1, -0.05) is 26.8 Å². The number of nitrogens with zero attached hydrogens (tertiary/aromatic N) is 1. The fourth-order valence-corrected chi connectivity index (χ4v) is 2.93. The summed E-state index contributed by atoms with van der Waals surface area (Å²) in [5.74, 6) is 0.278. The predicted octanol–water partition coefficient (Wildman–Crippen LogP) is 3.00. The average molecular weight is 303 g/mol. The van der Waals surface area contributed by atoms with Gasteiger partial charge in [-0.05, 0) is 30.0 Å². The fraction of sp³-hybridized carbons (Fsp3) is 0.375. The first-order valence-electron chi connectivity index (χ1n) is 7.01. The lowest BCUT2D eigenvalue weighted by atomic mass is 9.91. The van der Waals surface area contributed by atoms with Crippen molar-refractivity contribution in [1.82, 2.24) is 10.3 Å². The van der Waals surface area contributed by atoms with E-state index >= 15 is 0 Å². The number of rotatable bonds is 5. The van der Waals surface area contributed by atoms with E-state index in [2.05, 4.69) is 35.6 Å². The molecule has 0 aliphatic rings. The summed E-state index contributed by atoms with van der Waals surface area (Å²) in [7, 11) is 0. The second kappa shape index (κ2) is 6.26. The van der Waals surface area contributed by atoms with Crippen LogP contribution in [0.15, 0.2) is 29.6 Å². The number of anilines is 1. The van der Waals surface area contributed by atoms with Crippen LogP contribution >= 0.6 is 11.3 Å². The third kappa shape index (κ3) is 3.82. The van der Waals surface area contributed by atoms with Crippen molar-refractivity contribution >= 4 is 23.1 Å². The number of hydrogen-bond donors (Lipinski definition) is 2. The zero-order valence-electron chi connectivity index (χ0n) is 12.6. The Morgan fingerprint density at radius 2 is 2.19 bits per heavy atom. The standard InChI is InChI=1S/C16H21N3OS/c1-4-12-8-11(9-14(17)19-12)15(20)18-10-16(2,3)13-6-5-7-21-13/h5-9H,4,10H2,1-3H3,(H2,17,19)(H,18,20). The van der Waals surface area contributed by atoms with Gasteiger partial charge in [-0.25, -0.2) is 4.98 Å². The van der Waals surface area contributed by atoms with Gasteiger partial charge in [-0.2, -0.15) is 0 Å². The van der Waals surface area contributed by atoms with E-state index in [-0.39, 0.29) is 11.3 Å². The first kappa shape index (κ1) is 15.5. The van der Waals surface area contributed by atoms with Crippen LogP contribution in [-0.4, -0.2) is 17.4 Å². The van der Waals surface area contributed by atoms with E-state index in [9.17, 15) is 4.79 Å². The maximum absolute atomic E-state index is 12.3. The lowest BCUT2D eigenvalue weighted by molar-refractivity contribution is 0.0945. The van der Waals surface area contributed by atoms with Crippen LogP contribution in [-0.2, 0) is 11.8 Å². The Balaban J connectivity index is 2.07. The Kier molecular flexibility index (Phi) is 4.63. The van der Waals surface area contributed by atoms with Crippen LogP contribution in [0, 0.1) is 0 Å². The Morgan fingerprint density at radius 1 is 1.43 bits per heavy atom. The van der Waals surface area contributed by atoms with Crippen molar-refractivity contribution in [2.24, 2.45) is 0 Å². The van der Waals surface area contributed by atoms with Crippen molar-refractivity contribution in [3.05, 3.63) is 45.8 Å². The second-order valence-electron chi connectivity index (χ2n) is 5.67. The monoisotopic (exact) mass is 303 g/mol. The number of nitrogen functional groups attached to an aromatic ring is 1. The summed E-state index contributed by atoms with van der Waals surface area (Å²) in [5, 5.41) is 5.04. The number of hydrogen-bond acceptors (Lipinski definition) is 4. The van der Waals surface area contributed by atoms with Gasteiger partial charge >= 0.3 is 0 Å². The van der Waals surface area contributed by atoms with E-state index in [1.807, 2.05) is 13.0 Å². The molecule has 112 valence electrons. The average Bonchev–Trinajstić information content (AvgIpc) is 2.99. The van der Waals surface area contributed by atoms with Gasteiger partial charge in [0, 0.05) is 28.1 Å². The van der Waals surface area contributed by atoms with E-state index in [0.29, 0.717) is 17.9 Å². The molecule has 21 heavy (non-hydrogen) atoms. The molecule has 0 saturated heterocycles. The highest BCUT2D eigenvalue weighted by atomic mass is 32.1. The zero-order valence-corrected chi connectivity index (χ0v) is 13.5. The molecule has 0 bridgehead atoms. The highest BCUT2D eigenvalue weighted by molar-refractivity contribution is 7.10. The molecule has 0 aromatic carbocycles. The zero-order chi connectivity index (χ0) is 15.5. The molecule has 2 heterocycles. The summed E-state index contributed by atoms with van der Waals surface area (Å²) in [6.45, 7) is 6.81. The van der Waals surface area contributed by atoms with Crippen LogP contribution in [0.25, 0.3) is 0 Å². The molecular formula is C16H21N3OS. The van der Waals surface area contributed by atoms with Gasteiger partial charge in [-0.3, -0.25) is 4.79 Å². The molecule has 0 aliphatic heterocycles. The van der Waals surface area contributed by atoms with Gasteiger partial charge in [0.25, 0.3) is 5.91 Å². The van der Waals surface area contributed by atoms with Crippen molar-refractivity contribution < 1.29 is 4.79 Å². The Morgan fingerprint density at radius 3 is 2.81 bits per heavy atom. The van der Waals surface area contributed by atoms with E-state index in [0.717, 1.165) is 12.1 Å². The fourth-order valence-electron chi connectivity index (χ4n) is 2.08. The number of aryl methyl sites for hydroxylation is 1. The molecule has 2 rings (SSSR count). The van der Waals surface area contributed by atoms with Gasteiger partial charge in [-0.15, -0.1) is 11.3 Å². The van der Waals surface area contributed by atoms with E-state index in [1.54, 1.807) is 23.5 Å². The minimum absolute atomic E-state index is 0.0873. The van der Waals surface area contributed by atoms with Crippen molar-refractivity contribution in [3.63, 3.8) is 0 Å². The number of amides is 1. The molecule has 0 radical (unpaired) electrons. The Bertz CT molecular complexity index is 620. The highest BCUT2D eigenvalue weighted by Crippen LogP contribution is 2.26. The molecule has 0 saturated carbocycles. The number of carbonyl (C=O) groups is 1. The topological polar surface area (TPSA) is 68.0 Å². The quantitative estimate of drug-likeness (QED) is 0.892. The summed E-state index contributed by atoms with van der Waals surface area (Å²) in [4.78, 5) is 17.7. The van der Waals surface area contributed by atoms with Gasteiger partial charge < -0.3 is 11.1 Å². The molecule has 0 aliphatic carbocycles. The number of nitrogens with one attached hydrogen (secondary N) is 1. The number of aromatic nitrogens is 1. The van der Waals surface area contributed by atoms with Crippen LogP contribution in [0.4, 0.5) is 5.82 Å². The van der Waals surface area contributed by atoms with Gasteiger partial charge in [0.15, 0.2) is 0 Å². The lowest BCUT2D eigenvalue weighted by Crippen LogP contribution is -2.36. The van der Waals surface area contributed by atoms with Crippen molar-refractivity contribution in [2.75, 3.05) is 12.3 Å². The summed E-state index contributed by atoms with van der Waals surface area (Å²) in [6.07, 6.45) is 0.756. The minimum Gasteiger partial charge on any atom is -0.384 e. The molecule has 0 unspecified atom stereocenters. The normalized spacial score (nSPS) is 11.4. The number of thiophene rings is 1. The Hall–Kier alpha value is -1.88. The van der Waals surface area contributed by atoms with Crippen LogP contribution in [0.2, 0.25) is 0 Å². The summed E-state index contributed by atoms with van der Waals surface area (Å²) >= 11 is 1.70. The SMILES string of the molecule is CCc1cc(C(=O)NCC(C)(C)c2cccs2)cc(N)n1.